The molecule has 1 N–H and O–H groups in total. The summed E-state index contributed by atoms with van der Waals surface area (Å²) in [6.45, 7) is 4.07. The fraction of sp³-hybridized carbons (Fsp3) is 0.450. The highest BCUT2D eigenvalue weighted by molar-refractivity contribution is 7.99. The Morgan fingerprint density at radius 1 is 1.34 bits per heavy atom. The average molecular weight is 413 g/mol. The summed E-state index contributed by atoms with van der Waals surface area (Å²) in [5, 5.41) is 16.2. The lowest BCUT2D eigenvalue weighted by Gasteiger charge is -2.31. The Bertz CT molecular complexity index is 971. The van der Waals surface area contributed by atoms with Gasteiger partial charge >= 0.3 is 0 Å². The molecule has 1 aliphatic carbocycles. The van der Waals surface area contributed by atoms with Crippen LogP contribution in [0.4, 0.5) is 5.82 Å². The number of rotatable bonds is 6. The maximum Gasteiger partial charge on any atom is 0.236 e. The third kappa shape index (κ3) is 4.50. The Kier molecular flexibility index (Phi) is 5.94. The van der Waals surface area contributed by atoms with Crippen molar-refractivity contribution >= 4 is 23.5 Å². The summed E-state index contributed by atoms with van der Waals surface area (Å²) in [5.74, 6) is 2.48. The van der Waals surface area contributed by atoms with E-state index in [1.165, 1.54) is 31.0 Å². The van der Waals surface area contributed by atoms with Crippen molar-refractivity contribution in [1.29, 1.82) is 0 Å². The first-order valence-corrected chi connectivity index (χ1v) is 10.8. The van der Waals surface area contributed by atoms with Gasteiger partial charge in [0.1, 0.15) is 5.76 Å². The predicted molar refractivity (Wildman–Crippen MR) is 111 cm³/mol. The highest BCUT2D eigenvalue weighted by Crippen LogP contribution is 2.38. The Balaban J connectivity index is 1.56. The van der Waals surface area contributed by atoms with Crippen molar-refractivity contribution in [2.24, 2.45) is 5.92 Å². The van der Waals surface area contributed by atoms with Crippen LogP contribution in [0.5, 0.6) is 0 Å². The maximum atomic E-state index is 12.3. The van der Waals surface area contributed by atoms with Gasteiger partial charge in [-0.3, -0.25) is 14.3 Å². The van der Waals surface area contributed by atoms with Crippen molar-refractivity contribution in [3.8, 4) is 11.4 Å². The van der Waals surface area contributed by atoms with Gasteiger partial charge in [-0.1, -0.05) is 36.7 Å². The molecule has 1 fully saturated rings. The third-order valence-electron chi connectivity index (χ3n) is 5.21. The first kappa shape index (κ1) is 19.6. The molecule has 4 rings (SSSR count). The van der Waals surface area contributed by atoms with Crippen molar-refractivity contribution < 1.29 is 9.32 Å². The molecule has 0 aliphatic heterocycles. The zero-order valence-corrected chi connectivity index (χ0v) is 17.4. The van der Waals surface area contributed by atoms with Gasteiger partial charge in [0.25, 0.3) is 0 Å². The van der Waals surface area contributed by atoms with Gasteiger partial charge in [0.2, 0.25) is 5.91 Å². The lowest BCUT2D eigenvalue weighted by molar-refractivity contribution is -0.113. The molecule has 3 aromatic rings. The molecule has 1 amide bonds. The van der Waals surface area contributed by atoms with E-state index in [0.29, 0.717) is 23.5 Å². The van der Waals surface area contributed by atoms with Crippen LogP contribution >= 0.6 is 11.8 Å². The summed E-state index contributed by atoms with van der Waals surface area (Å²) in [4.78, 5) is 16.6. The molecule has 0 spiro atoms. The molecule has 2 atom stereocenters. The van der Waals surface area contributed by atoms with Gasteiger partial charge in [0.05, 0.1) is 5.75 Å². The molecule has 1 saturated carbocycles. The number of carbonyl (C=O) groups is 1. The first-order chi connectivity index (χ1) is 14.1. The Hall–Kier alpha value is -2.68. The Morgan fingerprint density at radius 2 is 2.21 bits per heavy atom. The number of hydrogen-bond donors (Lipinski definition) is 1. The molecular weight excluding hydrogens is 388 g/mol. The van der Waals surface area contributed by atoms with Gasteiger partial charge in [-0.25, -0.2) is 0 Å². The van der Waals surface area contributed by atoms with Gasteiger partial charge in [-0.15, -0.1) is 10.2 Å². The summed E-state index contributed by atoms with van der Waals surface area (Å²) in [6, 6.07) is 5.90. The van der Waals surface area contributed by atoms with Crippen LogP contribution in [0, 0.1) is 12.8 Å². The number of nitrogens with one attached hydrogen (secondary N) is 1. The van der Waals surface area contributed by atoms with Gasteiger partial charge in [0, 0.05) is 30.1 Å². The Morgan fingerprint density at radius 3 is 2.93 bits per heavy atom. The normalized spacial score (nSPS) is 19.2. The molecule has 0 radical (unpaired) electrons. The largest absolute Gasteiger partial charge is 0.360 e. The molecular formula is C20H24N6O2S. The topological polar surface area (TPSA) is 98.7 Å². The summed E-state index contributed by atoms with van der Waals surface area (Å²) >= 11 is 1.39. The number of thioether (sulfide) groups is 1. The van der Waals surface area contributed by atoms with E-state index in [0.717, 1.165) is 23.0 Å². The van der Waals surface area contributed by atoms with Crippen LogP contribution in [0.25, 0.3) is 11.4 Å². The van der Waals surface area contributed by atoms with E-state index in [9.17, 15) is 4.79 Å². The van der Waals surface area contributed by atoms with Crippen LogP contribution in [0.1, 0.15) is 44.4 Å². The van der Waals surface area contributed by atoms with Crippen LogP contribution in [-0.2, 0) is 4.79 Å². The minimum atomic E-state index is -0.155. The standard InChI is InChI=1S/C20H24N6O2S/c1-13-6-3-4-8-16(13)26-19(15-7-5-9-21-11-15)23-24-20(26)29-12-18(27)22-17-10-14(2)28-25-17/h5,7,9-11,13,16H,3-4,6,8,12H2,1-2H3,(H,22,25,27)/t13-,16+/m0/s1. The number of aryl methyl sites for hydroxylation is 1. The monoisotopic (exact) mass is 412 g/mol. The number of carbonyl (C=O) groups excluding carboxylic acids is 1. The molecule has 1 aliphatic rings. The quantitative estimate of drug-likeness (QED) is 0.608. The summed E-state index contributed by atoms with van der Waals surface area (Å²) in [5.41, 5.74) is 0.937. The van der Waals surface area contributed by atoms with Gasteiger partial charge in [0.15, 0.2) is 16.8 Å². The van der Waals surface area contributed by atoms with Crippen molar-refractivity contribution in [3.05, 3.63) is 36.4 Å². The molecule has 152 valence electrons. The van der Waals surface area contributed by atoms with E-state index in [2.05, 4.69) is 37.1 Å². The van der Waals surface area contributed by atoms with E-state index in [1.807, 2.05) is 18.3 Å². The molecule has 0 saturated heterocycles. The summed E-state index contributed by atoms with van der Waals surface area (Å²) < 4.78 is 7.19. The van der Waals surface area contributed by atoms with Gasteiger partial charge < -0.3 is 9.84 Å². The molecule has 0 aromatic carbocycles. The molecule has 9 heteroatoms. The van der Waals surface area contributed by atoms with Crippen LogP contribution in [-0.4, -0.2) is 36.6 Å². The number of hydrogen-bond acceptors (Lipinski definition) is 7. The van der Waals surface area contributed by atoms with E-state index < -0.39 is 0 Å². The fourth-order valence-corrected chi connectivity index (χ4v) is 4.57. The smallest absolute Gasteiger partial charge is 0.236 e. The molecule has 29 heavy (non-hydrogen) atoms. The minimum absolute atomic E-state index is 0.155. The van der Waals surface area contributed by atoms with Crippen LogP contribution in [0.3, 0.4) is 0 Å². The SMILES string of the molecule is Cc1cc(NC(=O)CSc2nnc(-c3cccnc3)n2[C@@H]2CCCC[C@@H]2C)no1. The number of nitrogens with zero attached hydrogens (tertiary/aromatic N) is 5. The highest BCUT2D eigenvalue weighted by atomic mass is 32.2. The average Bonchev–Trinajstić information content (AvgIpc) is 3.33. The highest BCUT2D eigenvalue weighted by Gasteiger charge is 2.29. The van der Waals surface area contributed by atoms with E-state index in [4.69, 9.17) is 4.52 Å². The zero-order chi connectivity index (χ0) is 20.2. The van der Waals surface area contributed by atoms with Crippen LogP contribution in [0.2, 0.25) is 0 Å². The third-order valence-corrected chi connectivity index (χ3v) is 6.15. The van der Waals surface area contributed by atoms with Gasteiger partial charge in [-0.2, -0.15) is 0 Å². The second-order valence-electron chi connectivity index (χ2n) is 7.41. The van der Waals surface area contributed by atoms with Crippen molar-refractivity contribution in [2.45, 2.75) is 50.7 Å². The van der Waals surface area contributed by atoms with Crippen LogP contribution < -0.4 is 5.32 Å². The van der Waals surface area contributed by atoms with Gasteiger partial charge in [-0.05, 0) is 37.8 Å². The minimum Gasteiger partial charge on any atom is -0.360 e. The molecule has 8 nitrogen and oxygen atoms in total. The summed E-state index contributed by atoms with van der Waals surface area (Å²) in [6.07, 6.45) is 8.27. The van der Waals surface area contributed by atoms with E-state index >= 15 is 0 Å². The number of anilines is 1. The second kappa shape index (κ2) is 8.77. The molecule has 3 heterocycles. The van der Waals surface area contributed by atoms with E-state index in [1.54, 1.807) is 19.2 Å². The van der Waals surface area contributed by atoms with Crippen LogP contribution in [0.15, 0.2) is 40.3 Å². The summed E-state index contributed by atoms with van der Waals surface area (Å²) in [7, 11) is 0. The molecule has 0 bridgehead atoms. The molecule has 3 aromatic heterocycles. The van der Waals surface area contributed by atoms with Crippen molar-refractivity contribution in [1.82, 2.24) is 24.9 Å². The van der Waals surface area contributed by atoms with Crippen molar-refractivity contribution in [2.75, 3.05) is 11.1 Å². The lowest BCUT2D eigenvalue weighted by atomic mass is 9.85. The zero-order valence-electron chi connectivity index (χ0n) is 16.5. The number of aromatic nitrogens is 5. The number of amides is 1. The fourth-order valence-electron chi connectivity index (χ4n) is 3.78. The first-order valence-electron chi connectivity index (χ1n) is 9.83. The Labute approximate surface area is 173 Å². The van der Waals surface area contributed by atoms with E-state index in [-0.39, 0.29) is 11.7 Å². The number of pyridine rings is 1. The molecule has 0 unspecified atom stereocenters. The predicted octanol–water partition coefficient (Wildman–Crippen LogP) is 4.12. The maximum absolute atomic E-state index is 12.3. The lowest BCUT2D eigenvalue weighted by Crippen LogP contribution is -2.23. The van der Waals surface area contributed by atoms with Crippen molar-refractivity contribution in [3.63, 3.8) is 0 Å². The second-order valence-corrected chi connectivity index (χ2v) is 8.35.